The largest absolute Gasteiger partial charge is 0.357 e. The van der Waals surface area contributed by atoms with Gasteiger partial charge in [-0.25, -0.2) is 0 Å². The van der Waals surface area contributed by atoms with Crippen LogP contribution in [0.2, 0.25) is 0 Å². The molecule has 7 heteroatoms. The van der Waals surface area contributed by atoms with Gasteiger partial charge in [-0.3, -0.25) is 4.99 Å². The Kier molecular flexibility index (Phi) is 6.17. The summed E-state index contributed by atoms with van der Waals surface area (Å²) in [5.41, 5.74) is 0. The Morgan fingerprint density at radius 3 is 3.05 bits per heavy atom. The maximum absolute atomic E-state index is 5.08. The summed E-state index contributed by atoms with van der Waals surface area (Å²) in [4.78, 5) is 8.82. The first-order valence-electron chi connectivity index (χ1n) is 7.21. The van der Waals surface area contributed by atoms with Crippen LogP contribution in [-0.2, 0) is 6.42 Å². The smallest absolute Gasteiger partial charge is 0.228 e. The Morgan fingerprint density at radius 2 is 2.40 bits per heavy atom. The number of nitrogens with zero attached hydrogens (tertiary/aromatic N) is 3. The molecule has 1 aromatic heterocycles. The number of thioether (sulfide) groups is 1. The molecule has 1 atom stereocenters. The summed E-state index contributed by atoms with van der Waals surface area (Å²) in [6.45, 7) is 6.39. The molecule has 2 rings (SSSR count). The number of rotatable bonds is 6. The Hall–Kier alpha value is -1.24. The van der Waals surface area contributed by atoms with Crippen molar-refractivity contribution in [3.8, 4) is 0 Å². The molecule has 20 heavy (non-hydrogen) atoms. The van der Waals surface area contributed by atoms with Crippen LogP contribution in [0.3, 0.4) is 0 Å². The summed E-state index contributed by atoms with van der Waals surface area (Å²) in [7, 11) is 0. The third-order valence-electron chi connectivity index (χ3n) is 3.02. The SMILES string of the molecule is CCNC(=NCC1CCCS1)NCCc1nc(C)no1. The van der Waals surface area contributed by atoms with Crippen molar-refractivity contribution in [2.45, 2.75) is 38.4 Å². The predicted molar refractivity (Wildman–Crippen MR) is 82.2 cm³/mol. The quantitative estimate of drug-likeness (QED) is 0.610. The van der Waals surface area contributed by atoms with E-state index >= 15 is 0 Å². The van der Waals surface area contributed by atoms with Crippen LogP contribution in [0.4, 0.5) is 0 Å². The molecule has 1 aromatic rings. The molecule has 1 unspecified atom stereocenters. The highest BCUT2D eigenvalue weighted by molar-refractivity contribution is 8.00. The minimum atomic E-state index is 0.664. The van der Waals surface area contributed by atoms with Crippen LogP contribution < -0.4 is 10.6 Å². The van der Waals surface area contributed by atoms with Gasteiger partial charge in [0.1, 0.15) is 0 Å². The average molecular weight is 297 g/mol. The van der Waals surface area contributed by atoms with Gasteiger partial charge in [-0.05, 0) is 32.4 Å². The van der Waals surface area contributed by atoms with Crippen LogP contribution >= 0.6 is 11.8 Å². The minimum Gasteiger partial charge on any atom is -0.357 e. The Balaban J connectivity index is 1.74. The number of nitrogens with one attached hydrogen (secondary N) is 2. The van der Waals surface area contributed by atoms with Crippen molar-refractivity contribution in [1.29, 1.82) is 0 Å². The fraction of sp³-hybridized carbons (Fsp3) is 0.769. The van der Waals surface area contributed by atoms with Gasteiger partial charge in [0.25, 0.3) is 0 Å². The number of aliphatic imine (C=N–C) groups is 1. The molecular weight excluding hydrogens is 274 g/mol. The molecule has 1 fully saturated rings. The molecule has 2 heterocycles. The number of hydrogen-bond donors (Lipinski definition) is 2. The second-order valence-electron chi connectivity index (χ2n) is 4.77. The maximum Gasteiger partial charge on any atom is 0.228 e. The summed E-state index contributed by atoms with van der Waals surface area (Å²) in [5, 5.41) is 11.0. The number of aromatic nitrogens is 2. The van der Waals surface area contributed by atoms with Crippen molar-refractivity contribution in [1.82, 2.24) is 20.8 Å². The van der Waals surface area contributed by atoms with Crippen molar-refractivity contribution in [3.63, 3.8) is 0 Å². The molecule has 2 N–H and O–H groups in total. The van der Waals surface area contributed by atoms with Crippen molar-refractivity contribution in [3.05, 3.63) is 11.7 Å². The summed E-state index contributed by atoms with van der Waals surface area (Å²) < 4.78 is 5.08. The molecule has 0 aliphatic carbocycles. The maximum atomic E-state index is 5.08. The van der Waals surface area contributed by atoms with E-state index in [0.717, 1.165) is 25.6 Å². The lowest BCUT2D eigenvalue weighted by Gasteiger charge is -2.11. The van der Waals surface area contributed by atoms with Crippen LogP contribution in [0, 0.1) is 6.92 Å². The van der Waals surface area contributed by atoms with Crippen LogP contribution in [-0.4, -0.2) is 46.7 Å². The van der Waals surface area contributed by atoms with Gasteiger partial charge in [0.2, 0.25) is 5.89 Å². The Labute approximate surface area is 124 Å². The summed E-state index contributed by atoms with van der Waals surface area (Å²) >= 11 is 2.03. The van der Waals surface area contributed by atoms with Crippen molar-refractivity contribution in [2.75, 3.05) is 25.4 Å². The summed E-state index contributed by atoms with van der Waals surface area (Å²) in [5.74, 6) is 3.49. The van der Waals surface area contributed by atoms with Crippen LogP contribution in [0.25, 0.3) is 0 Å². The Morgan fingerprint density at radius 1 is 1.50 bits per heavy atom. The molecule has 6 nitrogen and oxygen atoms in total. The fourth-order valence-corrected chi connectivity index (χ4v) is 3.23. The molecule has 1 saturated heterocycles. The van der Waals surface area contributed by atoms with E-state index in [1.165, 1.54) is 18.6 Å². The molecule has 0 radical (unpaired) electrons. The molecule has 0 saturated carbocycles. The van der Waals surface area contributed by atoms with E-state index in [0.29, 0.717) is 23.4 Å². The summed E-state index contributed by atoms with van der Waals surface area (Å²) in [6.07, 6.45) is 3.32. The van der Waals surface area contributed by atoms with Gasteiger partial charge in [0.05, 0.1) is 6.54 Å². The van der Waals surface area contributed by atoms with E-state index in [1.54, 1.807) is 0 Å². The van der Waals surface area contributed by atoms with Gasteiger partial charge in [0.15, 0.2) is 11.8 Å². The zero-order valence-electron chi connectivity index (χ0n) is 12.2. The van der Waals surface area contributed by atoms with Crippen molar-refractivity contribution in [2.24, 2.45) is 4.99 Å². The molecular formula is C13H23N5OS. The van der Waals surface area contributed by atoms with Crippen LogP contribution in [0.5, 0.6) is 0 Å². The van der Waals surface area contributed by atoms with Gasteiger partial charge in [0, 0.05) is 24.8 Å². The molecule has 0 amide bonds. The van der Waals surface area contributed by atoms with E-state index in [-0.39, 0.29) is 0 Å². The van der Waals surface area contributed by atoms with Gasteiger partial charge in [-0.15, -0.1) is 0 Å². The van der Waals surface area contributed by atoms with E-state index in [4.69, 9.17) is 4.52 Å². The highest BCUT2D eigenvalue weighted by atomic mass is 32.2. The second kappa shape index (κ2) is 8.14. The number of hydrogen-bond acceptors (Lipinski definition) is 5. The molecule has 0 spiro atoms. The predicted octanol–water partition coefficient (Wildman–Crippen LogP) is 1.37. The first kappa shape index (κ1) is 15.2. The lowest BCUT2D eigenvalue weighted by molar-refractivity contribution is 0.374. The third-order valence-corrected chi connectivity index (χ3v) is 4.40. The highest BCUT2D eigenvalue weighted by Gasteiger charge is 2.14. The average Bonchev–Trinajstić information content (AvgIpc) is 3.08. The molecule has 0 bridgehead atoms. The van der Waals surface area contributed by atoms with Crippen LogP contribution in [0.1, 0.15) is 31.5 Å². The van der Waals surface area contributed by atoms with Crippen molar-refractivity contribution >= 4 is 17.7 Å². The Bertz CT molecular complexity index is 428. The topological polar surface area (TPSA) is 75.3 Å². The van der Waals surface area contributed by atoms with Gasteiger partial charge in [-0.1, -0.05) is 5.16 Å². The lowest BCUT2D eigenvalue weighted by Crippen LogP contribution is -2.38. The zero-order valence-corrected chi connectivity index (χ0v) is 13.0. The number of aryl methyl sites for hydroxylation is 1. The molecule has 0 aromatic carbocycles. The fourth-order valence-electron chi connectivity index (χ4n) is 2.05. The second-order valence-corrected chi connectivity index (χ2v) is 6.18. The highest BCUT2D eigenvalue weighted by Crippen LogP contribution is 2.25. The van der Waals surface area contributed by atoms with Gasteiger partial charge in [-0.2, -0.15) is 16.7 Å². The van der Waals surface area contributed by atoms with Gasteiger partial charge >= 0.3 is 0 Å². The molecule has 1 aliphatic heterocycles. The van der Waals surface area contributed by atoms with E-state index in [9.17, 15) is 0 Å². The monoisotopic (exact) mass is 297 g/mol. The lowest BCUT2D eigenvalue weighted by atomic mass is 10.2. The standard InChI is InChI=1S/C13H23N5OS/c1-3-14-13(16-9-11-5-4-8-20-11)15-7-6-12-17-10(2)18-19-12/h11H,3-9H2,1-2H3,(H2,14,15,16). The zero-order chi connectivity index (χ0) is 14.2. The first-order valence-corrected chi connectivity index (χ1v) is 8.25. The molecule has 1 aliphatic rings. The van der Waals surface area contributed by atoms with E-state index in [1.807, 2.05) is 18.7 Å². The van der Waals surface area contributed by atoms with Crippen LogP contribution in [0.15, 0.2) is 9.52 Å². The van der Waals surface area contributed by atoms with Crippen molar-refractivity contribution < 1.29 is 4.52 Å². The summed E-state index contributed by atoms with van der Waals surface area (Å²) in [6, 6.07) is 0. The van der Waals surface area contributed by atoms with Gasteiger partial charge < -0.3 is 15.2 Å². The normalized spacial score (nSPS) is 19.3. The first-order chi connectivity index (χ1) is 9.78. The number of guanidine groups is 1. The van der Waals surface area contributed by atoms with E-state index < -0.39 is 0 Å². The van der Waals surface area contributed by atoms with E-state index in [2.05, 4.69) is 32.7 Å². The third kappa shape index (κ3) is 5.03. The minimum absolute atomic E-state index is 0.664. The molecule has 112 valence electrons.